The minimum absolute atomic E-state index is 0.0688. The van der Waals surface area contributed by atoms with Crippen molar-refractivity contribution in [2.75, 3.05) is 7.05 Å². The Morgan fingerprint density at radius 1 is 1.27 bits per heavy atom. The molecule has 118 valence electrons. The van der Waals surface area contributed by atoms with Gasteiger partial charge in [0.25, 0.3) is 5.89 Å². The SMILES string of the molecule is C=C.CCCCC(NC)C(=O)c1nnc(-c2ccccc2)o1. The number of nitrogens with one attached hydrogen (secondary N) is 1. The van der Waals surface area contributed by atoms with Crippen molar-refractivity contribution < 1.29 is 9.21 Å². The fourth-order valence-electron chi connectivity index (χ4n) is 1.98. The summed E-state index contributed by atoms with van der Waals surface area (Å²) in [7, 11) is 1.77. The van der Waals surface area contributed by atoms with Crippen molar-refractivity contribution in [3.8, 4) is 11.5 Å². The summed E-state index contributed by atoms with van der Waals surface area (Å²) >= 11 is 0. The highest BCUT2D eigenvalue weighted by Crippen LogP contribution is 2.18. The van der Waals surface area contributed by atoms with Crippen LogP contribution in [0.25, 0.3) is 11.5 Å². The van der Waals surface area contributed by atoms with Gasteiger partial charge in [-0.3, -0.25) is 4.79 Å². The molecule has 0 spiro atoms. The first kappa shape index (κ1) is 17.8. The lowest BCUT2D eigenvalue weighted by Crippen LogP contribution is -2.34. The smallest absolute Gasteiger partial charge is 0.285 e. The summed E-state index contributed by atoms with van der Waals surface area (Å²) in [6.07, 6.45) is 2.80. The van der Waals surface area contributed by atoms with E-state index in [0.717, 1.165) is 24.8 Å². The second-order valence-corrected chi connectivity index (χ2v) is 4.63. The molecule has 1 atom stereocenters. The van der Waals surface area contributed by atoms with Gasteiger partial charge in [-0.15, -0.1) is 23.4 Å². The molecule has 0 saturated heterocycles. The second-order valence-electron chi connectivity index (χ2n) is 4.63. The lowest BCUT2D eigenvalue weighted by Gasteiger charge is -2.11. The number of hydrogen-bond donors (Lipinski definition) is 1. The summed E-state index contributed by atoms with van der Waals surface area (Å²) < 4.78 is 5.48. The third-order valence-electron chi connectivity index (χ3n) is 3.17. The van der Waals surface area contributed by atoms with Gasteiger partial charge in [0.1, 0.15) is 0 Å². The first-order valence-electron chi connectivity index (χ1n) is 7.36. The first-order chi connectivity index (χ1) is 10.8. The second kappa shape index (κ2) is 9.63. The molecule has 2 aromatic rings. The fourth-order valence-corrected chi connectivity index (χ4v) is 1.98. The summed E-state index contributed by atoms with van der Waals surface area (Å²) in [6.45, 7) is 8.09. The van der Waals surface area contributed by atoms with Gasteiger partial charge in [0.05, 0.1) is 6.04 Å². The molecule has 0 fully saturated rings. The van der Waals surface area contributed by atoms with Gasteiger partial charge in [0, 0.05) is 5.56 Å². The van der Waals surface area contributed by atoms with E-state index in [-0.39, 0.29) is 17.7 Å². The lowest BCUT2D eigenvalue weighted by molar-refractivity contribution is 0.0907. The monoisotopic (exact) mass is 301 g/mol. The van der Waals surface area contributed by atoms with Crippen molar-refractivity contribution in [1.29, 1.82) is 0 Å². The molecule has 5 nitrogen and oxygen atoms in total. The van der Waals surface area contributed by atoms with E-state index in [4.69, 9.17) is 4.42 Å². The van der Waals surface area contributed by atoms with Crippen molar-refractivity contribution in [3.05, 3.63) is 49.4 Å². The number of nitrogens with zero attached hydrogens (tertiary/aromatic N) is 2. The van der Waals surface area contributed by atoms with E-state index >= 15 is 0 Å². The number of likely N-dealkylation sites (N-methyl/N-ethyl adjacent to an activating group) is 1. The number of carbonyl (C=O) groups is 1. The van der Waals surface area contributed by atoms with Gasteiger partial charge in [-0.2, -0.15) is 0 Å². The molecule has 1 N–H and O–H groups in total. The molecule has 0 aliphatic carbocycles. The molecule has 5 heteroatoms. The zero-order valence-electron chi connectivity index (χ0n) is 13.2. The minimum Gasteiger partial charge on any atom is -0.414 e. The average molecular weight is 301 g/mol. The van der Waals surface area contributed by atoms with Crippen LogP contribution in [0.4, 0.5) is 0 Å². The summed E-state index contributed by atoms with van der Waals surface area (Å²) in [5, 5.41) is 10.8. The Hall–Kier alpha value is -2.27. The third-order valence-corrected chi connectivity index (χ3v) is 3.17. The molecule has 2 rings (SSSR count). The molecule has 1 unspecified atom stereocenters. The first-order valence-corrected chi connectivity index (χ1v) is 7.36. The van der Waals surface area contributed by atoms with Crippen LogP contribution in [0.3, 0.4) is 0 Å². The number of carbonyl (C=O) groups excluding carboxylic acids is 1. The number of Topliss-reactive ketones (excluding diaryl/α,β-unsaturated/α-hetero) is 1. The van der Waals surface area contributed by atoms with Crippen LogP contribution in [0.15, 0.2) is 47.9 Å². The number of aromatic nitrogens is 2. The highest BCUT2D eigenvalue weighted by molar-refractivity contribution is 5.96. The molecule has 0 saturated carbocycles. The molecule has 0 aliphatic heterocycles. The van der Waals surface area contributed by atoms with E-state index in [0.29, 0.717) is 5.89 Å². The van der Waals surface area contributed by atoms with Gasteiger partial charge in [0.15, 0.2) is 0 Å². The van der Waals surface area contributed by atoms with E-state index < -0.39 is 0 Å². The van der Waals surface area contributed by atoms with Gasteiger partial charge in [0.2, 0.25) is 11.7 Å². The normalized spacial score (nSPS) is 11.4. The van der Waals surface area contributed by atoms with Crippen LogP contribution in [0.1, 0.15) is 36.9 Å². The van der Waals surface area contributed by atoms with Crippen molar-refractivity contribution in [2.24, 2.45) is 0 Å². The maximum atomic E-state index is 12.3. The molecule has 0 radical (unpaired) electrons. The molecule has 1 aromatic carbocycles. The highest BCUT2D eigenvalue weighted by atomic mass is 16.4. The summed E-state index contributed by atoms with van der Waals surface area (Å²) in [6, 6.07) is 9.16. The maximum absolute atomic E-state index is 12.3. The third kappa shape index (κ3) is 4.63. The largest absolute Gasteiger partial charge is 0.414 e. The van der Waals surface area contributed by atoms with E-state index in [2.05, 4.69) is 35.6 Å². The molecular formula is C17H23N3O2. The van der Waals surface area contributed by atoms with Crippen LogP contribution in [-0.2, 0) is 0 Å². The summed E-state index contributed by atoms with van der Waals surface area (Å²) in [4.78, 5) is 12.3. The number of ketones is 1. The Morgan fingerprint density at radius 2 is 1.95 bits per heavy atom. The molecule has 0 aliphatic rings. The Kier molecular flexibility index (Phi) is 7.78. The predicted octanol–water partition coefficient (Wildman–Crippen LogP) is 3.50. The van der Waals surface area contributed by atoms with E-state index in [9.17, 15) is 4.79 Å². The molecule has 1 heterocycles. The van der Waals surface area contributed by atoms with E-state index in [1.54, 1.807) is 7.05 Å². The van der Waals surface area contributed by atoms with Crippen molar-refractivity contribution in [1.82, 2.24) is 15.5 Å². The van der Waals surface area contributed by atoms with Gasteiger partial charge in [-0.1, -0.05) is 38.0 Å². The number of rotatable bonds is 7. The van der Waals surface area contributed by atoms with Gasteiger partial charge in [-0.25, -0.2) is 0 Å². The lowest BCUT2D eigenvalue weighted by atomic mass is 10.1. The number of benzene rings is 1. The Balaban J connectivity index is 0.00000116. The predicted molar refractivity (Wildman–Crippen MR) is 87.7 cm³/mol. The van der Waals surface area contributed by atoms with Crippen molar-refractivity contribution >= 4 is 5.78 Å². The van der Waals surface area contributed by atoms with Crippen LogP contribution >= 0.6 is 0 Å². The quantitative estimate of drug-likeness (QED) is 0.626. The molecular weight excluding hydrogens is 278 g/mol. The molecule has 22 heavy (non-hydrogen) atoms. The summed E-state index contributed by atoms with van der Waals surface area (Å²) in [5.74, 6) is 0.300. The minimum atomic E-state index is -0.265. The van der Waals surface area contributed by atoms with Crippen LogP contribution in [-0.4, -0.2) is 29.1 Å². The number of hydrogen-bond acceptors (Lipinski definition) is 5. The van der Waals surface area contributed by atoms with E-state index in [1.807, 2.05) is 30.3 Å². The van der Waals surface area contributed by atoms with Crippen LogP contribution < -0.4 is 5.32 Å². The Bertz CT molecular complexity index is 566. The fraction of sp³-hybridized carbons (Fsp3) is 0.353. The van der Waals surface area contributed by atoms with Gasteiger partial charge < -0.3 is 9.73 Å². The van der Waals surface area contributed by atoms with Crippen molar-refractivity contribution in [2.45, 2.75) is 32.2 Å². The Labute approximate surface area is 131 Å². The topological polar surface area (TPSA) is 68.0 Å². The van der Waals surface area contributed by atoms with Gasteiger partial charge >= 0.3 is 0 Å². The standard InChI is InChI=1S/C15H19N3O2.C2H4/c1-3-4-10-12(16-2)13(19)15-18-17-14(20-15)11-8-6-5-7-9-11;1-2/h5-9,12,16H,3-4,10H2,1-2H3;1-2H2. The van der Waals surface area contributed by atoms with Crippen LogP contribution in [0.5, 0.6) is 0 Å². The molecule has 1 aromatic heterocycles. The van der Waals surface area contributed by atoms with Gasteiger partial charge in [-0.05, 0) is 25.6 Å². The van der Waals surface area contributed by atoms with Crippen LogP contribution in [0, 0.1) is 0 Å². The molecule has 0 amide bonds. The zero-order valence-corrected chi connectivity index (χ0v) is 13.2. The summed E-state index contributed by atoms with van der Waals surface area (Å²) in [5.41, 5.74) is 0.814. The molecule has 0 bridgehead atoms. The van der Waals surface area contributed by atoms with Crippen LogP contribution in [0.2, 0.25) is 0 Å². The average Bonchev–Trinajstić information content (AvgIpc) is 3.08. The maximum Gasteiger partial charge on any atom is 0.285 e. The highest BCUT2D eigenvalue weighted by Gasteiger charge is 2.23. The zero-order chi connectivity index (χ0) is 16.4. The van der Waals surface area contributed by atoms with E-state index in [1.165, 1.54) is 0 Å². The Morgan fingerprint density at radius 3 is 2.55 bits per heavy atom. The van der Waals surface area contributed by atoms with Crippen molar-refractivity contribution in [3.63, 3.8) is 0 Å². The number of unbranched alkanes of at least 4 members (excludes halogenated alkanes) is 1.